The average Bonchev–Trinajstić information content (AvgIpc) is 2.30. The van der Waals surface area contributed by atoms with Gasteiger partial charge in [-0.25, -0.2) is 0 Å². The summed E-state index contributed by atoms with van der Waals surface area (Å²) < 4.78 is 16.3. The molecule has 1 aliphatic rings. The van der Waals surface area contributed by atoms with Gasteiger partial charge in [0.05, 0.1) is 32.4 Å². The van der Waals surface area contributed by atoms with Crippen LogP contribution in [0.25, 0.3) is 0 Å². The van der Waals surface area contributed by atoms with Crippen LogP contribution in [0, 0.1) is 0 Å². The predicted molar refractivity (Wildman–Crippen MR) is 60.3 cm³/mol. The van der Waals surface area contributed by atoms with Crippen LogP contribution in [0.1, 0.15) is 13.8 Å². The quantitative estimate of drug-likeness (QED) is 0.631. The fourth-order valence-electron chi connectivity index (χ4n) is 1.81. The average molecular weight is 233 g/mol. The lowest BCUT2D eigenvalue weighted by atomic mass is 10.2. The van der Waals surface area contributed by atoms with Crippen LogP contribution in [0.3, 0.4) is 0 Å². The van der Waals surface area contributed by atoms with Crippen LogP contribution in [0.2, 0.25) is 0 Å². The van der Waals surface area contributed by atoms with Crippen molar-refractivity contribution in [1.82, 2.24) is 4.90 Å². The summed E-state index contributed by atoms with van der Waals surface area (Å²) in [5.74, 6) is 0. The molecule has 1 rings (SSSR count). The number of aliphatic hydroxyl groups excluding tert-OH is 1. The molecule has 5 nitrogen and oxygen atoms in total. The second-order valence-electron chi connectivity index (χ2n) is 3.75. The van der Waals surface area contributed by atoms with Crippen molar-refractivity contribution < 1.29 is 19.3 Å². The van der Waals surface area contributed by atoms with Crippen LogP contribution < -0.4 is 0 Å². The SMILES string of the molecule is CCOC(CN1CCOCC1CO)OCC. The van der Waals surface area contributed by atoms with Crippen LogP contribution in [0.5, 0.6) is 0 Å². The van der Waals surface area contributed by atoms with E-state index in [0.29, 0.717) is 33.0 Å². The Bertz CT molecular complexity index is 173. The standard InChI is InChI=1S/C11H23NO4/c1-3-15-11(16-4-2)7-12-5-6-14-9-10(12)8-13/h10-11,13H,3-9H2,1-2H3. The molecule has 0 saturated carbocycles. The first-order valence-corrected chi connectivity index (χ1v) is 5.97. The molecule has 0 aromatic rings. The van der Waals surface area contributed by atoms with Crippen LogP contribution in [0.4, 0.5) is 0 Å². The summed E-state index contributed by atoms with van der Waals surface area (Å²) in [5, 5.41) is 9.23. The maximum absolute atomic E-state index is 9.23. The Morgan fingerprint density at radius 1 is 1.38 bits per heavy atom. The van der Waals surface area contributed by atoms with Crippen molar-refractivity contribution in [3.05, 3.63) is 0 Å². The zero-order chi connectivity index (χ0) is 11.8. The molecule has 1 heterocycles. The van der Waals surface area contributed by atoms with Crippen LogP contribution >= 0.6 is 0 Å². The van der Waals surface area contributed by atoms with Gasteiger partial charge in [0.1, 0.15) is 0 Å². The lowest BCUT2D eigenvalue weighted by molar-refractivity contribution is -0.161. The van der Waals surface area contributed by atoms with Gasteiger partial charge >= 0.3 is 0 Å². The van der Waals surface area contributed by atoms with E-state index in [0.717, 1.165) is 6.54 Å². The van der Waals surface area contributed by atoms with Gasteiger partial charge in [-0.05, 0) is 13.8 Å². The van der Waals surface area contributed by atoms with Gasteiger partial charge in [-0.3, -0.25) is 4.90 Å². The van der Waals surface area contributed by atoms with Gasteiger partial charge in [0.2, 0.25) is 0 Å². The van der Waals surface area contributed by atoms with Crippen LogP contribution in [-0.2, 0) is 14.2 Å². The van der Waals surface area contributed by atoms with E-state index in [-0.39, 0.29) is 18.9 Å². The normalized spacial score (nSPS) is 22.9. The van der Waals surface area contributed by atoms with Crippen molar-refractivity contribution in [2.75, 3.05) is 46.1 Å². The zero-order valence-electron chi connectivity index (χ0n) is 10.2. The number of ether oxygens (including phenoxy) is 3. The maximum atomic E-state index is 9.23. The van der Waals surface area contributed by atoms with Crippen molar-refractivity contribution in [2.24, 2.45) is 0 Å². The summed E-state index contributed by atoms with van der Waals surface area (Å²) in [6.07, 6.45) is -0.206. The third-order valence-corrected chi connectivity index (χ3v) is 2.65. The molecule has 1 saturated heterocycles. The van der Waals surface area contributed by atoms with Crippen molar-refractivity contribution >= 4 is 0 Å². The van der Waals surface area contributed by atoms with E-state index < -0.39 is 0 Å². The minimum absolute atomic E-state index is 0.0668. The van der Waals surface area contributed by atoms with Crippen molar-refractivity contribution in [2.45, 2.75) is 26.2 Å². The summed E-state index contributed by atoms with van der Waals surface area (Å²) in [4.78, 5) is 2.17. The molecule has 1 fully saturated rings. The smallest absolute Gasteiger partial charge is 0.170 e. The van der Waals surface area contributed by atoms with Crippen molar-refractivity contribution in [1.29, 1.82) is 0 Å². The molecule has 1 N–H and O–H groups in total. The Morgan fingerprint density at radius 3 is 2.62 bits per heavy atom. The predicted octanol–water partition coefficient (Wildman–Crippen LogP) is 0.0786. The van der Waals surface area contributed by atoms with E-state index in [4.69, 9.17) is 14.2 Å². The number of hydrogen-bond acceptors (Lipinski definition) is 5. The zero-order valence-corrected chi connectivity index (χ0v) is 10.2. The molecule has 16 heavy (non-hydrogen) atoms. The Kier molecular flexibility index (Phi) is 6.91. The highest BCUT2D eigenvalue weighted by atomic mass is 16.7. The minimum atomic E-state index is -0.206. The summed E-state index contributed by atoms with van der Waals surface area (Å²) in [6.45, 7) is 8.10. The molecule has 5 heteroatoms. The summed E-state index contributed by atoms with van der Waals surface area (Å²) in [7, 11) is 0. The lowest BCUT2D eigenvalue weighted by Crippen LogP contribution is -2.51. The third-order valence-electron chi connectivity index (χ3n) is 2.65. The van der Waals surface area contributed by atoms with E-state index in [9.17, 15) is 5.11 Å². The lowest BCUT2D eigenvalue weighted by Gasteiger charge is -2.36. The van der Waals surface area contributed by atoms with Crippen molar-refractivity contribution in [3.8, 4) is 0 Å². The Labute approximate surface area is 97.3 Å². The van der Waals surface area contributed by atoms with Gasteiger partial charge in [-0.1, -0.05) is 0 Å². The molecule has 0 aromatic carbocycles. The van der Waals surface area contributed by atoms with Gasteiger partial charge in [0, 0.05) is 19.8 Å². The Morgan fingerprint density at radius 2 is 2.06 bits per heavy atom. The first-order chi connectivity index (χ1) is 7.81. The monoisotopic (exact) mass is 233 g/mol. The van der Waals surface area contributed by atoms with Gasteiger partial charge < -0.3 is 19.3 Å². The molecule has 0 radical (unpaired) electrons. The van der Waals surface area contributed by atoms with E-state index in [1.54, 1.807) is 0 Å². The third kappa shape index (κ3) is 4.35. The second kappa shape index (κ2) is 7.97. The minimum Gasteiger partial charge on any atom is -0.395 e. The van der Waals surface area contributed by atoms with Crippen molar-refractivity contribution in [3.63, 3.8) is 0 Å². The second-order valence-corrected chi connectivity index (χ2v) is 3.75. The fourth-order valence-corrected chi connectivity index (χ4v) is 1.81. The molecule has 1 aliphatic heterocycles. The Balaban J connectivity index is 2.40. The maximum Gasteiger partial charge on any atom is 0.170 e. The topological polar surface area (TPSA) is 51.2 Å². The summed E-state index contributed by atoms with van der Waals surface area (Å²) in [5.41, 5.74) is 0. The largest absolute Gasteiger partial charge is 0.395 e. The molecule has 0 aliphatic carbocycles. The summed E-state index contributed by atoms with van der Waals surface area (Å²) in [6, 6.07) is 0.0668. The number of hydrogen-bond donors (Lipinski definition) is 1. The molecule has 0 bridgehead atoms. The number of nitrogens with zero attached hydrogens (tertiary/aromatic N) is 1. The molecular formula is C11H23NO4. The Hall–Kier alpha value is -0.200. The molecule has 1 unspecified atom stereocenters. The highest BCUT2D eigenvalue weighted by Crippen LogP contribution is 2.09. The van der Waals surface area contributed by atoms with Gasteiger partial charge in [0.25, 0.3) is 0 Å². The van der Waals surface area contributed by atoms with E-state index in [1.165, 1.54) is 0 Å². The first kappa shape index (κ1) is 13.9. The molecule has 0 spiro atoms. The number of aliphatic hydroxyl groups is 1. The van der Waals surface area contributed by atoms with E-state index in [2.05, 4.69) is 4.90 Å². The fraction of sp³-hybridized carbons (Fsp3) is 1.00. The molecule has 0 aromatic heterocycles. The van der Waals surface area contributed by atoms with Gasteiger partial charge in [-0.2, -0.15) is 0 Å². The molecule has 0 amide bonds. The number of morpholine rings is 1. The van der Waals surface area contributed by atoms with E-state index >= 15 is 0 Å². The summed E-state index contributed by atoms with van der Waals surface area (Å²) >= 11 is 0. The molecular weight excluding hydrogens is 210 g/mol. The van der Waals surface area contributed by atoms with E-state index in [1.807, 2.05) is 13.8 Å². The number of rotatable bonds is 7. The first-order valence-electron chi connectivity index (χ1n) is 5.97. The highest BCUT2D eigenvalue weighted by molar-refractivity contribution is 4.75. The van der Waals surface area contributed by atoms with Crippen LogP contribution in [0.15, 0.2) is 0 Å². The molecule has 96 valence electrons. The molecule has 1 atom stereocenters. The highest BCUT2D eigenvalue weighted by Gasteiger charge is 2.25. The van der Waals surface area contributed by atoms with Crippen LogP contribution in [-0.4, -0.2) is 68.5 Å². The van der Waals surface area contributed by atoms with Gasteiger partial charge in [0.15, 0.2) is 6.29 Å². The van der Waals surface area contributed by atoms with Gasteiger partial charge in [-0.15, -0.1) is 0 Å².